The maximum Gasteiger partial charge on any atom is 0.328 e. The third-order valence-electron chi connectivity index (χ3n) is 2.45. The Labute approximate surface area is 106 Å². The van der Waals surface area contributed by atoms with E-state index >= 15 is 0 Å². The smallest absolute Gasteiger partial charge is 0.328 e. The SMILES string of the molecule is CC/C(=C/C=C/C(=O)O)c1cc(O)ccc1OC. The van der Waals surface area contributed by atoms with Crippen LogP contribution >= 0.6 is 0 Å². The van der Waals surface area contributed by atoms with Gasteiger partial charge in [0.2, 0.25) is 0 Å². The number of phenols is 1. The average molecular weight is 248 g/mol. The van der Waals surface area contributed by atoms with Crippen LogP contribution in [0.5, 0.6) is 11.5 Å². The molecule has 2 N–H and O–H groups in total. The molecule has 1 aromatic carbocycles. The molecule has 0 fully saturated rings. The number of benzene rings is 1. The van der Waals surface area contributed by atoms with Gasteiger partial charge in [0.15, 0.2) is 0 Å². The molecule has 0 spiro atoms. The maximum absolute atomic E-state index is 10.4. The van der Waals surface area contributed by atoms with Crippen LogP contribution in [0, 0.1) is 0 Å². The number of carboxylic acid groups (broad SMARTS) is 1. The third kappa shape index (κ3) is 3.66. The zero-order valence-electron chi connectivity index (χ0n) is 10.4. The predicted octanol–water partition coefficient (Wildman–Crippen LogP) is 2.84. The van der Waals surface area contributed by atoms with Crippen LogP contribution in [0.15, 0.2) is 36.4 Å². The van der Waals surface area contributed by atoms with Crippen LogP contribution < -0.4 is 4.74 Å². The summed E-state index contributed by atoms with van der Waals surface area (Å²) in [5.41, 5.74) is 1.65. The molecule has 0 atom stereocenters. The van der Waals surface area contributed by atoms with Crippen LogP contribution in [0.4, 0.5) is 0 Å². The second-order valence-electron chi connectivity index (χ2n) is 3.63. The van der Waals surface area contributed by atoms with Crippen molar-refractivity contribution in [1.82, 2.24) is 0 Å². The van der Waals surface area contributed by atoms with Gasteiger partial charge in [0.1, 0.15) is 11.5 Å². The first-order valence-electron chi connectivity index (χ1n) is 5.56. The Bertz CT molecular complexity index is 487. The largest absolute Gasteiger partial charge is 0.508 e. The molecule has 0 heterocycles. The van der Waals surface area contributed by atoms with Gasteiger partial charge in [-0.2, -0.15) is 0 Å². The number of hydrogen-bond donors (Lipinski definition) is 2. The highest BCUT2D eigenvalue weighted by Gasteiger charge is 2.07. The van der Waals surface area contributed by atoms with E-state index in [4.69, 9.17) is 9.84 Å². The molecule has 96 valence electrons. The van der Waals surface area contributed by atoms with Gasteiger partial charge in [0, 0.05) is 11.6 Å². The zero-order valence-corrected chi connectivity index (χ0v) is 10.4. The Hall–Kier alpha value is -2.23. The number of phenolic OH excluding ortho intramolecular Hbond substituents is 1. The van der Waals surface area contributed by atoms with Gasteiger partial charge in [-0.05, 0) is 30.2 Å². The fourth-order valence-electron chi connectivity index (χ4n) is 1.59. The molecule has 0 saturated heterocycles. The molecule has 0 amide bonds. The fourth-order valence-corrected chi connectivity index (χ4v) is 1.59. The first-order valence-corrected chi connectivity index (χ1v) is 5.56. The molecule has 0 bridgehead atoms. The summed E-state index contributed by atoms with van der Waals surface area (Å²) >= 11 is 0. The first kappa shape index (κ1) is 13.8. The van der Waals surface area contributed by atoms with Crippen LogP contribution in [-0.4, -0.2) is 23.3 Å². The van der Waals surface area contributed by atoms with Crippen LogP contribution in [-0.2, 0) is 4.79 Å². The number of rotatable bonds is 5. The fraction of sp³-hybridized carbons (Fsp3) is 0.214. The summed E-state index contributed by atoms with van der Waals surface area (Å²) in [6, 6.07) is 4.82. The molecule has 0 radical (unpaired) electrons. The number of aromatic hydroxyl groups is 1. The van der Waals surface area contributed by atoms with Crippen molar-refractivity contribution in [2.45, 2.75) is 13.3 Å². The topological polar surface area (TPSA) is 66.8 Å². The van der Waals surface area contributed by atoms with Gasteiger partial charge in [-0.25, -0.2) is 4.79 Å². The highest BCUT2D eigenvalue weighted by atomic mass is 16.5. The quantitative estimate of drug-likeness (QED) is 0.621. The minimum absolute atomic E-state index is 0.146. The number of carboxylic acids is 1. The van der Waals surface area contributed by atoms with Gasteiger partial charge >= 0.3 is 5.97 Å². The third-order valence-corrected chi connectivity index (χ3v) is 2.45. The van der Waals surface area contributed by atoms with Gasteiger partial charge in [-0.15, -0.1) is 0 Å². The molecule has 0 aliphatic heterocycles. The van der Waals surface area contributed by atoms with E-state index in [9.17, 15) is 9.90 Å². The summed E-state index contributed by atoms with van der Waals surface area (Å²) in [6.07, 6.45) is 4.92. The molecule has 0 unspecified atom stereocenters. The zero-order chi connectivity index (χ0) is 13.5. The van der Waals surface area contributed by atoms with Crippen LogP contribution in [0.3, 0.4) is 0 Å². The first-order chi connectivity index (χ1) is 8.58. The maximum atomic E-state index is 10.4. The molecule has 1 rings (SSSR count). The molecule has 0 saturated carbocycles. The lowest BCUT2D eigenvalue weighted by atomic mass is 10.0. The lowest BCUT2D eigenvalue weighted by molar-refractivity contribution is -0.131. The van der Waals surface area contributed by atoms with Gasteiger partial charge in [-0.3, -0.25) is 0 Å². The highest BCUT2D eigenvalue weighted by Crippen LogP contribution is 2.31. The minimum atomic E-state index is -0.996. The Balaban J connectivity index is 3.15. The highest BCUT2D eigenvalue weighted by molar-refractivity contribution is 5.81. The molecule has 18 heavy (non-hydrogen) atoms. The summed E-state index contributed by atoms with van der Waals surface area (Å²) in [5.74, 6) is -0.207. The second-order valence-corrected chi connectivity index (χ2v) is 3.63. The van der Waals surface area contributed by atoms with Crippen molar-refractivity contribution in [3.8, 4) is 11.5 Å². The number of ether oxygens (including phenoxy) is 1. The van der Waals surface area contributed by atoms with Gasteiger partial charge < -0.3 is 14.9 Å². The van der Waals surface area contributed by atoms with E-state index in [1.165, 1.54) is 6.08 Å². The summed E-state index contributed by atoms with van der Waals surface area (Å²) in [5, 5.41) is 18.0. The average Bonchev–Trinajstić information content (AvgIpc) is 2.34. The molecule has 0 aliphatic rings. The van der Waals surface area contributed by atoms with Crippen molar-refractivity contribution in [1.29, 1.82) is 0 Å². The molecule has 0 aromatic heterocycles. The van der Waals surface area contributed by atoms with E-state index in [1.807, 2.05) is 6.92 Å². The van der Waals surface area contributed by atoms with E-state index in [0.717, 1.165) is 17.2 Å². The lowest BCUT2D eigenvalue weighted by Crippen LogP contribution is -1.91. The predicted molar refractivity (Wildman–Crippen MR) is 69.7 cm³/mol. The van der Waals surface area contributed by atoms with E-state index in [1.54, 1.807) is 31.4 Å². The van der Waals surface area contributed by atoms with Gasteiger partial charge in [-0.1, -0.05) is 19.1 Å². The monoisotopic (exact) mass is 248 g/mol. The van der Waals surface area contributed by atoms with E-state index in [-0.39, 0.29) is 5.75 Å². The Morgan fingerprint density at radius 1 is 1.44 bits per heavy atom. The lowest BCUT2D eigenvalue weighted by Gasteiger charge is -2.10. The molecule has 1 aromatic rings. The Kier molecular flexibility index (Phi) is 4.99. The van der Waals surface area contributed by atoms with Crippen molar-refractivity contribution in [3.63, 3.8) is 0 Å². The number of carbonyl (C=O) groups is 1. The standard InChI is InChI=1S/C14H16O4/c1-3-10(5-4-6-14(16)17)12-9-11(15)7-8-13(12)18-2/h4-9,15H,3H2,1-2H3,(H,16,17)/b6-4+,10-5-. The molecule has 4 heteroatoms. The van der Waals surface area contributed by atoms with Gasteiger partial charge in [0.05, 0.1) is 7.11 Å². The summed E-state index contributed by atoms with van der Waals surface area (Å²) in [6.45, 7) is 1.95. The normalized spacial score (nSPS) is 11.8. The molecular formula is C14H16O4. The molecule has 4 nitrogen and oxygen atoms in total. The number of hydrogen-bond acceptors (Lipinski definition) is 3. The van der Waals surface area contributed by atoms with Crippen LogP contribution in [0.25, 0.3) is 5.57 Å². The number of aliphatic carboxylic acids is 1. The van der Waals surface area contributed by atoms with Crippen molar-refractivity contribution in [2.24, 2.45) is 0 Å². The van der Waals surface area contributed by atoms with E-state index in [0.29, 0.717) is 12.2 Å². The molecule has 0 aliphatic carbocycles. The van der Waals surface area contributed by atoms with Crippen LogP contribution in [0.1, 0.15) is 18.9 Å². The summed E-state index contributed by atoms with van der Waals surface area (Å²) in [4.78, 5) is 10.4. The Morgan fingerprint density at radius 2 is 2.17 bits per heavy atom. The van der Waals surface area contributed by atoms with Crippen LogP contribution in [0.2, 0.25) is 0 Å². The van der Waals surface area contributed by atoms with E-state index < -0.39 is 5.97 Å². The second kappa shape index (κ2) is 6.49. The van der Waals surface area contributed by atoms with Crippen molar-refractivity contribution in [3.05, 3.63) is 42.0 Å². The Morgan fingerprint density at radius 3 is 2.72 bits per heavy atom. The summed E-state index contributed by atoms with van der Waals surface area (Å²) < 4.78 is 5.22. The number of allylic oxidation sites excluding steroid dienone is 3. The van der Waals surface area contributed by atoms with Gasteiger partial charge in [0.25, 0.3) is 0 Å². The summed E-state index contributed by atoms with van der Waals surface area (Å²) in [7, 11) is 1.55. The molecular weight excluding hydrogens is 232 g/mol. The van der Waals surface area contributed by atoms with Crippen molar-refractivity contribution in [2.75, 3.05) is 7.11 Å². The van der Waals surface area contributed by atoms with Crippen molar-refractivity contribution < 1.29 is 19.7 Å². The minimum Gasteiger partial charge on any atom is -0.508 e. The number of methoxy groups -OCH3 is 1. The van der Waals surface area contributed by atoms with E-state index in [2.05, 4.69) is 0 Å². The van der Waals surface area contributed by atoms with Crippen molar-refractivity contribution >= 4 is 11.5 Å².